The van der Waals surface area contributed by atoms with E-state index >= 15 is 0 Å². The molecule has 111 valence electrons. The van der Waals surface area contributed by atoms with E-state index in [2.05, 4.69) is 39.2 Å². The summed E-state index contributed by atoms with van der Waals surface area (Å²) < 4.78 is 0.844. The average molecular weight is 356 g/mol. The predicted molar refractivity (Wildman–Crippen MR) is 92.9 cm³/mol. The molecule has 0 aliphatic heterocycles. The fourth-order valence-electron chi connectivity index (χ4n) is 2.52. The quantitative estimate of drug-likeness (QED) is 0.727. The molecule has 2 N–H and O–H groups in total. The standard InChI is InChI=1S/C18H16BrN2O/c1-12-14(6-4-7-16(12)19)18(22)20-10-9-13-11-21-17-8-3-2-5-15(13)17/h2-8,11,21H,1,9-10H2,(H,20,22). The molecule has 2 aromatic carbocycles. The van der Waals surface area contributed by atoms with Crippen molar-refractivity contribution in [1.29, 1.82) is 0 Å². The van der Waals surface area contributed by atoms with E-state index in [0.29, 0.717) is 17.7 Å². The monoisotopic (exact) mass is 355 g/mol. The van der Waals surface area contributed by atoms with Crippen molar-refractivity contribution in [1.82, 2.24) is 10.3 Å². The smallest absolute Gasteiger partial charge is 0.251 e. The number of para-hydroxylation sites is 1. The van der Waals surface area contributed by atoms with Gasteiger partial charge in [0.05, 0.1) is 0 Å². The van der Waals surface area contributed by atoms with Crippen LogP contribution >= 0.6 is 15.9 Å². The molecule has 0 fully saturated rings. The molecule has 0 aliphatic carbocycles. The first kappa shape index (κ1) is 14.9. The summed E-state index contributed by atoms with van der Waals surface area (Å²) in [7, 11) is 0. The van der Waals surface area contributed by atoms with Gasteiger partial charge < -0.3 is 10.3 Å². The first-order chi connectivity index (χ1) is 10.7. The molecular weight excluding hydrogens is 340 g/mol. The Bertz CT molecular complexity index is 823. The fourth-order valence-corrected chi connectivity index (χ4v) is 2.88. The summed E-state index contributed by atoms with van der Waals surface area (Å²) in [6.45, 7) is 4.52. The third kappa shape index (κ3) is 2.92. The van der Waals surface area contributed by atoms with Crippen LogP contribution in [-0.4, -0.2) is 17.4 Å². The van der Waals surface area contributed by atoms with Crippen molar-refractivity contribution in [2.75, 3.05) is 6.54 Å². The van der Waals surface area contributed by atoms with Crippen LogP contribution in [0.3, 0.4) is 0 Å². The van der Waals surface area contributed by atoms with Crippen LogP contribution in [0.25, 0.3) is 10.9 Å². The number of aromatic nitrogens is 1. The fraction of sp³-hybridized carbons (Fsp3) is 0.111. The van der Waals surface area contributed by atoms with Gasteiger partial charge in [-0.2, -0.15) is 0 Å². The molecule has 0 bridgehead atoms. The third-order valence-corrected chi connectivity index (χ3v) is 4.46. The number of aromatic amines is 1. The highest BCUT2D eigenvalue weighted by molar-refractivity contribution is 9.10. The lowest BCUT2D eigenvalue weighted by atomic mass is 10.1. The summed E-state index contributed by atoms with van der Waals surface area (Å²) in [4.78, 5) is 15.5. The maximum absolute atomic E-state index is 12.2. The largest absolute Gasteiger partial charge is 0.361 e. The van der Waals surface area contributed by atoms with Gasteiger partial charge in [0.1, 0.15) is 0 Å². The number of benzene rings is 2. The topological polar surface area (TPSA) is 44.9 Å². The van der Waals surface area contributed by atoms with Crippen molar-refractivity contribution >= 4 is 32.7 Å². The van der Waals surface area contributed by atoms with Gasteiger partial charge in [0, 0.05) is 33.7 Å². The predicted octanol–water partition coefficient (Wildman–Crippen LogP) is 4.09. The summed E-state index contributed by atoms with van der Waals surface area (Å²) >= 11 is 3.39. The number of H-pyrrole nitrogens is 1. The Labute approximate surface area is 137 Å². The Kier molecular flexibility index (Phi) is 4.29. The van der Waals surface area contributed by atoms with Gasteiger partial charge in [-0.05, 0) is 42.7 Å². The van der Waals surface area contributed by atoms with Gasteiger partial charge in [0.25, 0.3) is 5.91 Å². The van der Waals surface area contributed by atoms with Gasteiger partial charge in [-0.1, -0.05) is 40.2 Å². The molecular formula is C18H16BrN2O. The zero-order chi connectivity index (χ0) is 15.5. The number of carbonyl (C=O) groups is 1. The van der Waals surface area contributed by atoms with Crippen LogP contribution in [-0.2, 0) is 6.42 Å². The lowest BCUT2D eigenvalue weighted by molar-refractivity contribution is 0.0954. The van der Waals surface area contributed by atoms with Crippen LogP contribution in [0, 0.1) is 6.92 Å². The lowest BCUT2D eigenvalue weighted by Gasteiger charge is -2.08. The highest BCUT2D eigenvalue weighted by atomic mass is 79.9. The maximum Gasteiger partial charge on any atom is 0.251 e. The molecule has 0 saturated heterocycles. The zero-order valence-electron chi connectivity index (χ0n) is 12.0. The third-order valence-electron chi connectivity index (χ3n) is 3.72. The molecule has 1 amide bonds. The number of hydrogen-bond acceptors (Lipinski definition) is 1. The Morgan fingerprint density at radius 1 is 1.18 bits per heavy atom. The highest BCUT2D eigenvalue weighted by Gasteiger charge is 2.10. The molecule has 0 atom stereocenters. The summed E-state index contributed by atoms with van der Waals surface area (Å²) in [5.74, 6) is -0.0915. The number of hydrogen-bond donors (Lipinski definition) is 2. The molecule has 3 rings (SSSR count). The summed E-state index contributed by atoms with van der Waals surface area (Å²) in [5, 5.41) is 4.16. The number of nitrogens with one attached hydrogen (secondary N) is 2. The van der Waals surface area contributed by atoms with Gasteiger partial charge in [-0.3, -0.25) is 4.79 Å². The van der Waals surface area contributed by atoms with Crippen LogP contribution in [0.1, 0.15) is 21.5 Å². The van der Waals surface area contributed by atoms with E-state index in [1.807, 2.05) is 36.5 Å². The molecule has 3 nitrogen and oxygen atoms in total. The van der Waals surface area contributed by atoms with E-state index in [1.54, 1.807) is 6.07 Å². The molecule has 0 saturated carbocycles. The Hall–Kier alpha value is -2.07. The highest BCUT2D eigenvalue weighted by Crippen LogP contribution is 2.20. The second-order valence-electron chi connectivity index (χ2n) is 5.13. The van der Waals surface area contributed by atoms with E-state index in [0.717, 1.165) is 16.4 Å². The zero-order valence-corrected chi connectivity index (χ0v) is 13.6. The number of carbonyl (C=O) groups excluding carboxylic acids is 1. The van der Waals surface area contributed by atoms with Gasteiger partial charge in [-0.25, -0.2) is 0 Å². The molecule has 1 aromatic heterocycles. The van der Waals surface area contributed by atoms with Crippen LogP contribution in [0.4, 0.5) is 0 Å². The maximum atomic E-state index is 12.2. The van der Waals surface area contributed by atoms with E-state index in [9.17, 15) is 4.79 Å². The minimum atomic E-state index is -0.0915. The summed E-state index contributed by atoms with van der Waals surface area (Å²) in [5.41, 5.74) is 3.65. The number of rotatable bonds is 4. The minimum Gasteiger partial charge on any atom is -0.361 e. The average Bonchev–Trinajstić information content (AvgIpc) is 2.93. The molecule has 0 unspecified atom stereocenters. The van der Waals surface area contributed by atoms with Gasteiger partial charge in [0.15, 0.2) is 0 Å². The Morgan fingerprint density at radius 2 is 2.00 bits per heavy atom. The number of fused-ring (bicyclic) bond motifs is 1. The molecule has 4 heteroatoms. The minimum absolute atomic E-state index is 0.0915. The molecule has 3 aromatic rings. The van der Waals surface area contributed by atoms with Gasteiger partial charge in [0.2, 0.25) is 0 Å². The van der Waals surface area contributed by atoms with Crippen molar-refractivity contribution in [2.24, 2.45) is 0 Å². The molecule has 0 aliphatic rings. The summed E-state index contributed by atoms with van der Waals surface area (Å²) in [6, 6.07) is 13.7. The van der Waals surface area contributed by atoms with Crippen LogP contribution in [0.5, 0.6) is 0 Å². The van der Waals surface area contributed by atoms with Gasteiger partial charge in [-0.15, -0.1) is 0 Å². The SMILES string of the molecule is [CH2]c1c(Br)cccc1C(=O)NCCc1c[nH]c2ccccc12. The van der Waals surface area contributed by atoms with Crippen molar-refractivity contribution in [3.05, 3.63) is 76.7 Å². The lowest BCUT2D eigenvalue weighted by Crippen LogP contribution is -2.26. The molecule has 1 heterocycles. The first-order valence-corrected chi connectivity index (χ1v) is 7.90. The number of halogens is 1. The summed E-state index contributed by atoms with van der Waals surface area (Å²) in [6.07, 6.45) is 2.79. The number of amides is 1. The first-order valence-electron chi connectivity index (χ1n) is 7.10. The van der Waals surface area contributed by atoms with Crippen LogP contribution in [0.15, 0.2) is 53.1 Å². The second-order valence-corrected chi connectivity index (χ2v) is 5.99. The Balaban J connectivity index is 1.66. The van der Waals surface area contributed by atoms with E-state index in [4.69, 9.17) is 0 Å². The Morgan fingerprint density at radius 3 is 2.86 bits per heavy atom. The normalized spacial score (nSPS) is 10.8. The van der Waals surface area contributed by atoms with E-state index in [1.165, 1.54) is 10.9 Å². The van der Waals surface area contributed by atoms with Gasteiger partial charge >= 0.3 is 0 Å². The van der Waals surface area contributed by atoms with Crippen molar-refractivity contribution in [3.63, 3.8) is 0 Å². The molecule has 0 spiro atoms. The molecule has 1 radical (unpaired) electrons. The van der Waals surface area contributed by atoms with E-state index in [-0.39, 0.29) is 5.91 Å². The van der Waals surface area contributed by atoms with Crippen LogP contribution < -0.4 is 5.32 Å². The van der Waals surface area contributed by atoms with E-state index < -0.39 is 0 Å². The second kappa shape index (κ2) is 6.36. The van der Waals surface area contributed by atoms with Crippen molar-refractivity contribution in [2.45, 2.75) is 6.42 Å². The van der Waals surface area contributed by atoms with Crippen molar-refractivity contribution < 1.29 is 4.79 Å². The van der Waals surface area contributed by atoms with Crippen LogP contribution in [0.2, 0.25) is 0 Å². The van der Waals surface area contributed by atoms with Crippen molar-refractivity contribution in [3.8, 4) is 0 Å². The molecule has 22 heavy (non-hydrogen) atoms.